The first-order valence-corrected chi connectivity index (χ1v) is 5.99. The van der Waals surface area contributed by atoms with Gasteiger partial charge in [-0.2, -0.15) is 0 Å². The van der Waals surface area contributed by atoms with E-state index in [0.29, 0.717) is 11.3 Å². The summed E-state index contributed by atoms with van der Waals surface area (Å²) in [5, 5.41) is 0. The van der Waals surface area contributed by atoms with Gasteiger partial charge >= 0.3 is 0 Å². The minimum Gasteiger partial charge on any atom is -0.496 e. The Morgan fingerprint density at radius 1 is 1.00 bits per heavy atom. The van der Waals surface area contributed by atoms with Crippen molar-refractivity contribution >= 4 is 0 Å². The van der Waals surface area contributed by atoms with Gasteiger partial charge in [0.15, 0.2) is 17.5 Å². The lowest BCUT2D eigenvalue weighted by Crippen LogP contribution is -2.16. The summed E-state index contributed by atoms with van der Waals surface area (Å²) in [6.45, 7) is 1.87. The molecular weight excluding hydrogens is 267 g/mol. The molecule has 0 aliphatic rings. The number of methoxy groups -OCH3 is 1. The summed E-state index contributed by atoms with van der Waals surface area (Å²) in [6, 6.07) is 6.26. The summed E-state index contributed by atoms with van der Waals surface area (Å²) in [7, 11) is 1.46. The molecule has 0 aliphatic heterocycles. The Kier molecular flexibility index (Phi) is 3.99. The molecule has 0 radical (unpaired) electrons. The Hall–Kier alpha value is -2.01. The fourth-order valence-electron chi connectivity index (χ4n) is 2.02. The number of hydrogen-bond donors (Lipinski definition) is 1. The van der Waals surface area contributed by atoms with Gasteiger partial charge < -0.3 is 10.5 Å². The molecule has 20 heavy (non-hydrogen) atoms. The van der Waals surface area contributed by atoms with Gasteiger partial charge in [0, 0.05) is 11.1 Å². The molecule has 2 rings (SSSR count). The van der Waals surface area contributed by atoms with Gasteiger partial charge in [-0.05, 0) is 24.6 Å². The van der Waals surface area contributed by atoms with E-state index in [0.717, 1.165) is 17.7 Å². The number of rotatable bonds is 3. The van der Waals surface area contributed by atoms with Gasteiger partial charge in [0.05, 0.1) is 13.2 Å². The summed E-state index contributed by atoms with van der Waals surface area (Å²) < 4.78 is 45.2. The zero-order chi connectivity index (χ0) is 14.9. The van der Waals surface area contributed by atoms with Gasteiger partial charge in [-0.15, -0.1) is 0 Å². The second-order valence-electron chi connectivity index (χ2n) is 4.49. The Morgan fingerprint density at radius 3 is 2.30 bits per heavy atom. The summed E-state index contributed by atoms with van der Waals surface area (Å²) >= 11 is 0. The molecule has 106 valence electrons. The number of hydrogen-bond acceptors (Lipinski definition) is 2. The van der Waals surface area contributed by atoms with Gasteiger partial charge in [0.1, 0.15) is 5.75 Å². The largest absolute Gasteiger partial charge is 0.496 e. The molecule has 0 saturated carbocycles. The maximum Gasteiger partial charge on any atom is 0.194 e. The average Bonchev–Trinajstić information content (AvgIpc) is 2.44. The average molecular weight is 281 g/mol. The highest BCUT2D eigenvalue weighted by Crippen LogP contribution is 2.31. The molecule has 1 unspecified atom stereocenters. The third-order valence-electron chi connectivity index (χ3n) is 3.12. The van der Waals surface area contributed by atoms with Gasteiger partial charge in [-0.25, -0.2) is 13.2 Å². The second kappa shape index (κ2) is 5.54. The minimum atomic E-state index is -1.52. The Morgan fingerprint density at radius 2 is 1.65 bits per heavy atom. The fourth-order valence-corrected chi connectivity index (χ4v) is 2.02. The fraction of sp³-hybridized carbons (Fsp3) is 0.200. The number of aryl methyl sites for hydroxylation is 1. The zero-order valence-corrected chi connectivity index (χ0v) is 11.1. The number of nitrogens with two attached hydrogens (primary N) is 1. The van der Waals surface area contributed by atoms with Crippen LogP contribution in [0, 0.1) is 24.4 Å². The zero-order valence-electron chi connectivity index (χ0n) is 11.1. The first kappa shape index (κ1) is 14.4. The van der Waals surface area contributed by atoms with E-state index in [1.54, 1.807) is 18.2 Å². The van der Waals surface area contributed by atoms with Crippen molar-refractivity contribution in [3.05, 3.63) is 64.5 Å². The molecule has 0 aliphatic carbocycles. The first-order valence-electron chi connectivity index (χ1n) is 5.99. The van der Waals surface area contributed by atoms with E-state index in [-0.39, 0.29) is 5.56 Å². The van der Waals surface area contributed by atoms with Gasteiger partial charge in [-0.1, -0.05) is 18.2 Å². The van der Waals surface area contributed by atoms with Crippen molar-refractivity contribution in [1.29, 1.82) is 0 Å². The SMILES string of the molecule is COc1cc(C)ccc1C(N)c1ccc(F)c(F)c1F. The Labute approximate surface area is 115 Å². The quantitative estimate of drug-likeness (QED) is 0.874. The normalized spacial score (nSPS) is 12.3. The van der Waals surface area contributed by atoms with Crippen LogP contribution in [-0.2, 0) is 0 Å². The lowest BCUT2D eigenvalue weighted by Gasteiger charge is -2.17. The summed E-state index contributed by atoms with van der Waals surface area (Å²) in [5.74, 6) is -3.57. The van der Waals surface area contributed by atoms with Crippen molar-refractivity contribution < 1.29 is 17.9 Å². The van der Waals surface area contributed by atoms with Crippen molar-refractivity contribution in [2.75, 3.05) is 7.11 Å². The maximum absolute atomic E-state index is 13.8. The number of halogens is 3. The molecule has 1 atom stereocenters. The highest BCUT2D eigenvalue weighted by atomic mass is 19.2. The standard InChI is InChI=1S/C15H14F3NO/c1-8-3-4-9(12(7-8)20-2)15(19)10-5-6-11(16)14(18)13(10)17/h3-7,15H,19H2,1-2H3. The Bertz CT molecular complexity index is 643. The van der Waals surface area contributed by atoms with Crippen LogP contribution in [0.5, 0.6) is 5.75 Å². The van der Waals surface area contributed by atoms with E-state index in [1.165, 1.54) is 7.11 Å². The van der Waals surface area contributed by atoms with Crippen molar-refractivity contribution in [3.63, 3.8) is 0 Å². The molecule has 2 nitrogen and oxygen atoms in total. The lowest BCUT2D eigenvalue weighted by molar-refractivity contribution is 0.405. The highest BCUT2D eigenvalue weighted by Gasteiger charge is 2.21. The minimum absolute atomic E-state index is 0.119. The smallest absolute Gasteiger partial charge is 0.194 e. The first-order chi connectivity index (χ1) is 9.45. The molecule has 0 saturated heterocycles. The molecule has 5 heteroatoms. The third kappa shape index (κ3) is 2.49. The van der Waals surface area contributed by atoms with Crippen molar-refractivity contribution in [1.82, 2.24) is 0 Å². The van der Waals surface area contributed by atoms with Crippen LogP contribution < -0.4 is 10.5 Å². The molecule has 0 heterocycles. The van der Waals surface area contributed by atoms with Crippen LogP contribution in [0.2, 0.25) is 0 Å². The van der Waals surface area contributed by atoms with E-state index in [1.807, 2.05) is 6.92 Å². The molecule has 2 aromatic carbocycles. The summed E-state index contributed by atoms with van der Waals surface area (Å²) in [6.07, 6.45) is 0. The molecule has 2 N–H and O–H groups in total. The van der Waals surface area contributed by atoms with Crippen molar-refractivity contribution in [2.45, 2.75) is 13.0 Å². The van der Waals surface area contributed by atoms with E-state index in [2.05, 4.69) is 0 Å². The van der Waals surface area contributed by atoms with E-state index >= 15 is 0 Å². The summed E-state index contributed by atoms with van der Waals surface area (Å²) in [4.78, 5) is 0. The molecule has 0 aromatic heterocycles. The third-order valence-corrected chi connectivity index (χ3v) is 3.12. The van der Waals surface area contributed by atoms with Crippen LogP contribution in [0.25, 0.3) is 0 Å². The van der Waals surface area contributed by atoms with Crippen molar-refractivity contribution in [2.24, 2.45) is 5.73 Å². The van der Waals surface area contributed by atoms with Crippen LogP contribution in [-0.4, -0.2) is 7.11 Å². The number of ether oxygens (including phenoxy) is 1. The molecule has 0 bridgehead atoms. The van der Waals surface area contributed by atoms with Gasteiger partial charge in [0.2, 0.25) is 0 Å². The number of benzene rings is 2. The molecule has 0 fully saturated rings. The molecule has 0 spiro atoms. The van der Waals surface area contributed by atoms with Crippen molar-refractivity contribution in [3.8, 4) is 5.75 Å². The monoisotopic (exact) mass is 281 g/mol. The lowest BCUT2D eigenvalue weighted by atomic mass is 9.97. The second-order valence-corrected chi connectivity index (χ2v) is 4.49. The van der Waals surface area contributed by atoms with Crippen LogP contribution in [0.3, 0.4) is 0 Å². The summed E-state index contributed by atoms with van der Waals surface area (Å²) in [5.41, 5.74) is 7.28. The van der Waals surface area contributed by atoms with Crippen LogP contribution in [0.1, 0.15) is 22.7 Å². The van der Waals surface area contributed by atoms with E-state index in [9.17, 15) is 13.2 Å². The maximum atomic E-state index is 13.8. The van der Waals surface area contributed by atoms with Crippen LogP contribution in [0.4, 0.5) is 13.2 Å². The van der Waals surface area contributed by atoms with Gasteiger partial charge in [-0.3, -0.25) is 0 Å². The molecular formula is C15H14F3NO. The Balaban J connectivity index is 2.52. The predicted octanol–water partition coefficient (Wildman–Crippen LogP) is 3.47. The van der Waals surface area contributed by atoms with Crippen LogP contribution in [0.15, 0.2) is 30.3 Å². The van der Waals surface area contributed by atoms with Gasteiger partial charge in [0.25, 0.3) is 0 Å². The highest BCUT2D eigenvalue weighted by molar-refractivity contribution is 5.44. The van der Waals surface area contributed by atoms with Crippen LogP contribution >= 0.6 is 0 Å². The molecule has 0 amide bonds. The predicted molar refractivity (Wildman–Crippen MR) is 70.1 cm³/mol. The van der Waals surface area contributed by atoms with E-state index in [4.69, 9.17) is 10.5 Å². The topological polar surface area (TPSA) is 35.2 Å². The van der Waals surface area contributed by atoms with E-state index < -0.39 is 23.5 Å². The molecule has 2 aromatic rings.